The van der Waals surface area contributed by atoms with Gasteiger partial charge in [-0.15, -0.1) is 0 Å². The van der Waals surface area contributed by atoms with Crippen LogP contribution in [0.25, 0.3) is 57.0 Å². The SMILES string of the molecule is C=Cc1nc(N2CCc3cccc(C(=C)Nc4nc5ccccc5s4)c3C2)ccc1-c1ccc(CCCCC2CCN(CCN3CCN(c4cc5c(=C)n(C6CCC(=C)NC6=C)c(=C)c5cc4F)CC3)CC2)cc1C. The number of piperazine rings is 1. The highest BCUT2D eigenvalue weighted by Crippen LogP contribution is 2.36. The molecule has 4 aliphatic rings. The van der Waals surface area contributed by atoms with Crippen molar-refractivity contribution in [1.29, 1.82) is 0 Å². The Balaban J connectivity index is 0.616. The summed E-state index contributed by atoms with van der Waals surface area (Å²) >= 11 is 1.65. The fourth-order valence-electron chi connectivity index (χ4n) is 12.4. The number of aromatic nitrogens is 3. The molecule has 3 aromatic heterocycles. The van der Waals surface area contributed by atoms with E-state index in [1.165, 1.54) is 73.0 Å². The molecule has 0 spiro atoms. The number of unbranched alkanes of at least 4 members (excludes halogenated alkanes) is 1. The fraction of sp³-hybridized carbons (Fsp3) is 0.344. The lowest BCUT2D eigenvalue weighted by atomic mass is 9.90. The average Bonchev–Trinajstić information content (AvgIpc) is 3.95. The van der Waals surface area contributed by atoms with Gasteiger partial charge in [0.25, 0.3) is 0 Å². The zero-order valence-corrected chi connectivity index (χ0v) is 44.7. The number of benzene rings is 4. The summed E-state index contributed by atoms with van der Waals surface area (Å²) in [7, 11) is 0. The summed E-state index contributed by atoms with van der Waals surface area (Å²) < 4.78 is 19.1. The molecule has 0 radical (unpaired) electrons. The molecule has 4 aromatic carbocycles. The van der Waals surface area contributed by atoms with Crippen LogP contribution in [0.1, 0.15) is 84.5 Å². The summed E-state index contributed by atoms with van der Waals surface area (Å²) in [4.78, 5) is 19.8. The summed E-state index contributed by atoms with van der Waals surface area (Å²) in [5, 5.41) is 11.1. The van der Waals surface area contributed by atoms with Crippen molar-refractivity contribution < 1.29 is 4.39 Å². The molecule has 7 aromatic rings. The molecule has 0 aliphatic carbocycles. The molecule has 0 amide bonds. The lowest BCUT2D eigenvalue weighted by Gasteiger charge is -2.38. The molecule has 75 heavy (non-hydrogen) atoms. The number of anilines is 3. The van der Waals surface area contributed by atoms with E-state index in [1.807, 2.05) is 24.3 Å². The first kappa shape index (κ1) is 50.4. The van der Waals surface area contributed by atoms with Gasteiger partial charge in [0.2, 0.25) is 0 Å². The number of rotatable bonds is 16. The van der Waals surface area contributed by atoms with Crippen molar-refractivity contribution in [3.63, 3.8) is 0 Å². The first-order chi connectivity index (χ1) is 36.5. The number of aryl methyl sites for hydroxylation is 2. The van der Waals surface area contributed by atoms with Crippen LogP contribution < -0.4 is 31.1 Å². The van der Waals surface area contributed by atoms with Crippen LogP contribution in [0.2, 0.25) is 0 Å². The molecule has 11 heteroatoms. The van der Waals surface area contributed by atoms with Crippen LogP contribution in [-0.4, -0.2) is 83.2 Å². The number of fused-ring (bicyclic) bond motifs is 3. The topological polar surface area (TPSA) is 67.7 Å². The molecule has 4 aliphatic heterocycles. The molecule has 0 saturated carbocycles. The molecule has 1 unspecified atom stereocenters. The van der Waals surface area contributed by atoms with Gasteiger partial charge in [0.15, 0.2) is 5.13 Å². The van der Waals surface area contributed by atoms with E-state index in [1.54, 1.807) is 17.4 Å². The van der Waals surface area contributed by atoms with Gasteiger partial charge in [-0.05, 0) is 141 Å². The van der Waals surface area contributed by atoms with Crippen LogP contribution in [-0.2, 0) is 19.4 Å². The Morgan fingerprint density at radius 3 is 2.31 bits per heavy atom. The number of likely N-dealkylation sites (tertiary alicyclic amines) is 1. The van der Waals surface area contributed by atoms with E-state index in [0.29, 0.717) is 5.69 Å². The van der Waals surface area contributed by atoms with Crippen LogP contribution in [0.3, 0.4) is 0 Å². The van der Waals surface area contributed by atoms with Crippen molar-refractivity contribution in [3.05, 3.63) is 173 Å². The summed E-state index contributed by atoms with van der Waals surface area (Å²) in [5.74, 6) is 1.60. The summed E-state index contributed by atoms with van der Waals surface area (Å²) in [5.41, 5.74) is 14.1. The predicted octanol–water partition coefficient (Wildman–Crippen LogP) is 12.1. The monoisotopic (exact) mass is 1020 g/mol. The molecule has 3 fully saturated rings. The maximum absolute atomic E-state index is 15.8. The van der Waals surface area contributed by atoms with Gasteiger partial charge in [-0.1, -0.05) is 112 Å². The molecule has 1 atom stereocenters. The van der Waals surface area contributed by atoms with Crippen molar-refractivity contribution in [3.8, 4) is 11.1 Å². The molecule has 3 saturated heterocycles. The highest BCUT2D eigenvalue weighted by Gasteiger charge is 2.27. The van der Waals surface area contributed by atoms with E-state index in [2.05, 4.69) is 142 Å². The van der Waals surface area contributed by atoms with Gasteiger partial charge < -0.3 is 29.9 Å². The number of thiazole rings is 1. The standard InChI is InChI=1S/C64H72FN9S/c1-8-58-53(23-25-63(68-58)73-31-28-50-16-13-17-52(56(50)41-73)44(4)67-64-69-59-18-11-12-19-62(59)75-64)51-22-21-49(38-42(51)2)15-10-9-14-48-26-29-70(30-27-48)32-33-71-34-36-72(37-35-71)61-40-55-47(7)74(46(6)54(55)39-57(61)65)60-24-20-43(3)66-45(60)5/h8,11-13,16-19,21-23,25,38-40,48,60,66H,1,3-7,9-10,14-15,20,24,26-37,41H2,2H3,(H,67,69). The number of hydrogen-bond acceptors (Lipinski definition) is 9. The Labute approximate surface area is 446 Å². The van der Waals surface area contributed by atoms with Gasteiger partial charge in [-0.3, -0.25) is 4.90 Å². The zero-order chi connectivity index (χ0) is 51.7. The van der Waals surface area contributed by atoms with Gasteiger partial charge in [0, 0.05) is 102 Å². The Hall–Kier alpha value is -6.79. The quantitative estimate of drug-likeness (QED) is 0.0928. The van der Waals surface area contributed by atoms with Gasteiger partial charge in [-0.25, -0.2) is 14.4 Å². The number of hydrogen-bond donors (Lipinski definition) is 2. The van der Waals surface area contributed by atoms with Crippen molar-refractivity contribution in [2.45, 2.75) is 77.3 Å². The van der Waals surface area contributed by atoms with Crippen LogP contribution in [0, 0.1) is 18.7 Å². The summed E-state index contributed by atoms with van der Waals surface area (Å²) in [6.07, 6.45) is 12.1. The Morgan fingerprint density at radius 2 is 1.55 bits per heavy atom. The highest BCUT2D eigenvalue weighted by atomic mass is 32.1. The van der Waals surface area contributed by atoms with Crippen molar-refractivity contribution in [2.75, 3.05) is 74.0 Å². The molecular formula is C64H72FN9S. The average molecular weight is 1020 g/mol. The molecular weight excluding hydrogens is 946 g/mol. The van der Waals surface area contributed by atoms with E-state index < -0.39 is 0 Å². The van der Waals surface area contributed by atoms with E-state index >= 15 is 4.39 Å². The Morgan fingerprint density at radius 1 is 0.787 bits per heavy atom. The van der Waals surface area contributed by atoms with Crippen LogP contribution in [0.15, 0.2) is 123 Å². The minimum Gasteiger partial charge on any atom is -0.367 e. The van der Waals surface area contributed by atoms with Crippen LogP contribution in [0.4, 0.5) is 21.0 Å². The third kappa shape index (κ3) is 10.6. The number of pyridine rings is 1. The van der Waals surface area contributed by atoms with Crippen LogP contribution in [0.5, 0.6) is 0 Å². The first-order valence-electron chi connectivity index (χ1n) is 27.2. The molecule has 11 rings (SSSR count). The maximum atomic E-state index is 15.8. The fourth-order valence-corrected chi connectivity index (χ4v) is 13.3. The van der Waals surface area contributed by atoms with E-state index in [-0.39, 0.29) is 11.9 Å². The molecule has 7 heterocycles. The normalized spacial score (nSPS) is 17.9. The second-order valence-corrected chi connectivity index (χ2v) is 22.5. The second-order valence-electron chi connectivity index (χ2n) is 21.4. The number of nitrogens with zero attached hydrogens (tertiary/aromatic N) is 7. The smallest absolute Gasteiger partial charge is 0.188 e. The van der Waals surface area contributed by atoms with Crippen molar-refractivity contribution in [2.24, 2.45) is 5.92 Å². The first-order valence-corrected chi connectivity index (χ1v) is 28.0. The highest BCUT2D eigenvalue weighted by molar-refractivity contribution is 7.22. The Kier molecular flexibility index (Phi) is 14.7. The summed E-state index contributed by atoms with van der Waals surface area (Å²) in [6.45, 7) is 37.7. The van der Waals surface area contributed by atoms with E-state index in [9.17, 15) is 0 Å². The molecule has 0 bridgehead atoms. The lowest BCUT2D eigenvalue weighted by molar-refractivity contribution is 0.148. The molecule has 386 valence electrons. The van der Waals surface area contributed by atoms with Crippen LogP contribution >= 0.6 is 11.3 Å². The second kappa shape index (κ2) is 21.8. The minimum absolute atomic E-state index is 0.0207. The molecule has 2 N–H and O–H groups in total. The number of para-hydroxylation sites is 1. The zero-order valence-electron chi connectivity index (χ0n) is 43.9. The predicted molar refractivity (Wildman–Crippen MR) is 315 cm³/mol. The molecule has 9 nitrogen and oxygen atoms in total. The lowest BCUT2D eigenvalue weighted by Crippen LogP contribution is -2.49. The van der Waals surface area contributed by atoms with Gasteiger partial charge in [-0.2, -0.15) is 0 Å². The third-order valence-corrected chi connectivity index (χ3v) is 17.7. The van der Waals surface area contributed by atoms with E-state index in [0.717, 1.165) is 161 Å². The van der Waals surface area contributed by atoms with Gasteiger partial charge >= 0.3 is 0 Å². The van der Waals surface area contributed by atoms with Crippen molar-refractivity contribution >= 4 is 73.9 Å². The summed E-state index contributed by atoms with van der Waals surface area (Å²) in [6, 6.07) is 29.9. The number of halogens is 1. The largest absolute Gasteiger partial charge is 0.367 e. The van der Waals surface area contributed by atoms with Gasteiger partial charge in [0.1, 0.15) is 11.6 Å². The Bertz CT molecular complexity index is 3390. The number of nitrogens with one attached hydrogen (secondary N) is 2. The number of allylic oxidation sites excluding steroid dienone is 2. The maximum Gasteiger partial charge on any atom is 0.188 e. The van der Waals surface area contributed by atoms with Crippen molar-refractivity contribution in [1.82, 2.24) is 29.7 Å². The van der Waals surface area contributed by atoms with E-state index in [4.69, 9.17) is 9.97 Å². The van der Waals surface area contributed by atoms with Gasteiger partial charge in [0.05, 0.1) is 27.6 Å². The third-order valence-electron chi connectivity index (χ3n) is 16.7. The minimum atomic E-state index is -0.188. The number of piperidine rings is 2.